The minimum Gasteiger partial charge on any atom is -0.310 e. The molecule has 2 heteroatoms. The quantitative estimate of drug-likeness (QED) is 0.798. The average Bonchev–Trinajstić information content (AvgIpc) is 2.48. The number of benzene rings is 1. The van der Waals surface area contributed by atoms with E-state index in [2.05, 4.69) is 19.2 Å². The van der Waals surface area contributed by atoms with Crippen LogP contribution in [-0.2, 0) is 0 Å². The van der Waals surface area contributed by atoms with Crippen molar-refractivity contribution >= 4 is 0 Å². The van der Waals surface area contributed by atoms with Gasteiger partial charge in [-0.2, -0.15) is 0 Å². The van der Waals surface area contributed by atoms with Crippen molar-refractivity contribution in [3.05, 3.63) is 35.1 Å². The van der Waals surface area contributed by atoms with Gasteiger partial charge in [0.15, 0.2) is 0 Å². The molecule has 1 aliphatic rings. The Bertz CT molecular complexity index is 421. The first-order valence-electron chi connectivity index (χ1n) is 8.15. The van der Waals surface area contributed by atoms with Crippen molar-refractivity contribution in [1.29, 1.82) is 0 Å². The van der Waals surface area contributed by atoms with Crippen LogP contribution in [0.5, 0.6) is 0 Å². The molecule has 1 nitrogen and oxygen atoms in total. The molecule has 1 aliphatic carbocycles. The van der Waals surface area contributed by atoms with E-state index in [-0.39, 0.29) is 5.82 Å². The minimum atomic E-state index is -0.0984. The van der Waals surface area contributed by atoms with Gasteiger partial charge in [-0.3, -0.25) is 0 Å². The summed E-state index contributed by atoms with van der Waals surface area (Å²) in [7, 11) is 0. The number of rotatable bonds is 5. The summed E-state index contributed by atoms with van der Waals surface area (Å²) >= 11 is 0. The summed E-state index contributed by atoms with van der Waals surface area (Å²) in [6.45, 7) is 7.28. The van der Waals surface area contributed by atoms with Crippen molar-refractivity contribution < 1.29 is 4.39 Å². The maximum Gasteiger partial charge on any atom is 0.126 e. The molecule has 112 valence electrons. The minimum absolute atomic E-state index is 0.0984. The van der Waals surface area contributed by atoms with Crippen molar-refractivity contribution in [2.45, 2.75) is 58.9 Å². The molecule has 0 heterocycles. The lowest BCUT2D eigenvalue weighted by molar-refractivity contribution is 0.220. The molecule has 0 aromatic heterocycles. The fraction of sp³-hybridized carbons (Fsp3) is 0.667. The molecule has 1 fully saturated rings. The van der Waals surface area contributed by atoms with Crippen LogP contribution in [0.3, 0.4) is 0 Å². The maximum absolute atomic E-state index is 13.5. The molecule has 0 aliphatic heterocycles. The van der Waals surface area contributed by atoms with Gasteiger partial charge in [-0.1, -0.05) is 45.2 Å². The zero-order valence-electron chi connectivity index (χ0n) is 13.1. The molecule has 1 aromatic rings. The normalized spacial score (nSPS) is 24.6. The van der Waals surface area contributed by atoms with Crippen LogP contribution in [0.1, 0.15) is 63.1 Å². The molecule has 0 radical (unpaired) electrons. The molecule has 1 N–H and O–H groups in total. The van der Waals surface area contributed by atoms with Gasteiger partial charge in [0, 0.05) is 6.04 Å². The Morgan fingerprint density at radius 2 is 1.90 bits per heavy atom. The molecular formula is C18H28FN. The van der Waals surface area contributed by atoms with Crippen LogP contribution in [0, 0.1) is 24.6 Å². The van der Waals surface area contributed by atoms with Gasteiger partial charge in [-0.05, 0) is 55.3 Å². The van der Waals surface area contributed by atoms with Crippen molar-refractivity contribution in [3.8, 4) is 0 Å². The molecule has 0 amide bonds. The third-order valence-electron chi connectivity index (χ3n) is 4.91. The Kier molecular flexibility index (Phi) is 5.59. The number of nitrogens with one attached hydrogen (secondary N) is 1. The summed E-state index contributed by atoms with van der Waals surface area (Å²) in [4.78, 5) is 0. The summed E-state index contributed by atoms with van der Waals surface area (Å²) in [5.41, 5.74) is 2.01. The van der Waals surface area contributed by atoms with Gasteiger partial charge in [0.1, 0.15) is 5.82 Å². The summed E-state index contributed by atoms with van der Waals surface area (Å²) in [6, 6.07) is 5.99. The van der Waals surface area contributed by atoms with Crippen molar-refractivity contribution in [2.75, 3.05) is 6.54 Å². The predicted octanol–water partition coefficient (Wildman–Crippen LogP) is 5.00. The van der Waals surface area contributed by atoms with Crippen molar-refractivity contribution in [2.24, 2.45) is 11.8 Å². The lowest BCUT2D eigenvalue weighted by Crippen LogP contribution is -2.31. The molecule has 0 bridgehead atoms. The monoisotopic (exact) mass is 277 g/mol. The number of halogens is 1. The van der Waals surface area contributed by atoms with Crippen LogP contribution in [0.15, 0.2) is 18.2 Å². The summed E-state index contributed by atoms with van der Waals surface area (Å²) < 4.78 is 13.5. The second-order valence-electron chi connectivity index (χ2n) is 6.23. The second-order valence-corrected chi connectivity index (χ2v) is 6.23. The number of hydrogen-bond acceptors (Lipinski definition) is 1. The van der Waals surface area contributed by atoms with E-state index in [1.807, 2.05) is 19.1 Å². The van der Waals surface area contributed by atoms with Crippen LogP contribution >= 0.6 is 0 Å². The molecule has 2 rings (SSSR count). The molecule has 1 atom stereocenters. The Morgan fingerprint density at radius 3 is 2.45 bits per heavy atom. The maximum atomic E-state index is 13.5. The van der Waals surface area contributed by atoms with Gasteiger partial charge in [-0.15, -0.1) is 0 Å². The summed E-state index contributed by atoms with van der Waals surface area (Å²) in [5.74, 6) is 1.52. The Hall–Kier alpha value is -0.890. The highest BCUT2D eigenvalue weighted by molar-refractivity contribution is 5.27. The smallest absolute Gasteiger partial charge is 0.126 e. The van der Waals surface area contributed by atoms with Gasteiger partial charge in [0.05, 0.1) is 0 Å². The predicted molar refractivity (Wildman–Crippen MR) is 83.3 cm³/mol. The first kappa shape index (κ1) is 15.5. The summed E-state index contributed by atoms with van der Waals surface area (Å²) in [6.07, 6.45) is 6.61. The lowest BCUT2D eigenvalue weighted by atomic mass is 9.76. The first-order chi connectivity index (χ1) is 9.65. The Balaban J connectivity index is 2.12. The topological polar surface area (TPSA) is 12.0 Å². The van der Waals surface area contributed by atoms with Crippen LogP contribution in [-0.4, -0.2) is 6.54 Å². The highest BCUT2D eigenvalue weighted by Gasteiger charge is 2.27. The third kappa shape index (κ3) is 3.60. The standard InChI is InChI=1S/C18H28FN/c1-4-14-6-8-15(9-7-14)18(20-5-2)16-10-11-17(19)13(3)12-16/h10-12,14-15,18,20H,4-9H2,1-3H3. The van der Waals surface area contributed by atoms with Crippen LogP contribution in [0.25, 0.3) is 0 Å². The van der Waals surface area contributed by atoms with E-state index in [1.165, 1.54) is 37.7 Å². The van der Waals surface area contributed by atoms with Gasteiger partial charge in [0.25, 0.3) is 0 Å². The zero-order valence-corrected chi connectivity index (χ0v) is 13.1. The van der Waals surface area contributed by atoms with Crippen molar-refractivity contribution in [3.63, 3.8) is 0 Å². The van der Waals surface area contributed by atoms with E-state index in [4.69, 9.17) is 0 Å². The zero-order chi connectivity index (χ0) is 14.5. The van der Waals surface area contributed by atoms with E-state index < -0.39 is 0 Å². The first-order valence-corrected chi connectivity index (χ1v) is 8.15. The van der Waals surface area contributed by atoms with Crippen LogP contribution in [0.4, 0.5) is 4.39 Å². The molecule has 1 unspecified atom stereocenters. The third-order valence-corrected chi connectivity index (χ3v) is 4.91. The molecule has 1 saturated carbocycles. The Morgan fingerprint density at radius 1 is 1.20 bits per heavy atom. The SMILES string of the molecule is CCNC(c1ccc(F)c(C)c1)C1CCC(CC)CC1. The van der Waals surface area contributed by atoms with Gasteiger partial charge in [0.2, 0.25) is 0 Å². The molecule has 0 spiro atoms. The molecule has 1 aromatic carbocycles. The van der Waals surface area contributed by atoms with E-state index >= 15 is 0 Å². The van der Waals surface area contributed by atoms with Crippen molar-refractivity contribution in [1.82, 2.24) is 5.32 Å². The average molecular weight is 277 g/mol. The van der Waals surface area contributed by atoms with E-state index in [0.29, 0.717) is 12.0 Å². The lowest BCUT2D eigenvalue weighted by Gasteiger charge is -2.34. The van der Waals surface area contributed by atoms with E-state index in [9.17, 15) is 4.39 Å². The summed E-state index contributed by atoms with van der Waals surface area (Å²) in [5, 5.41) is 3.63. The molecular weight excluding hydrogens is 249 g/mol. The van der Waals surface area contributed by atoms with Gasteiger partial charge >= 0.3 is 0 Å². The number of hydrogen-bond donors (Lipinski definition) is 1. The highest BCUT2D eigenvalue weighted by atomic mass is 19.1. The molecule has 20 heavy (non-hydrogen) atoms. The van der Waals surface area contributed by atoms with Crippen LogP contribution in [0.2, 0.25) is 0 Å². The second kappa shape index (κ2) is 7.21. The fourth-order valence-electron chi connectivity index (χ4n) is 3.57. The number of aryl methyl sites for hydroxylation is 1. The van der Waals surface area contributed by atoms with E-state index in [0.717, 1.165) is 18.0 Å². The molecule has 0 saturated heterocycles. The van der Waals surface area contributed by atoms with Crippen LogP contribution < -0.4 is 5.32 Å². The fourth-order valence-corrected chi connectivity index (χ4v) is 3.57. The Labute approximate surface area is 123 Å². The highest BCUT2D eigenvalue weighted by Crippen LogP contribution is 2.38. The van der Waals surface area contributed by atoms with Gasteiger partial charge < -0.3 is 5.32 Å². The van der Waals surface area contributed by atoms with E-state index in [1.54, 1.807) is 6.07 Å². The van der Waals surface area contributed by atoms with Gasteiger partial charge in [-0.25, -0.2) is 4.39 Å². The largest absolute Gasteiger partial charge is 0.310 e.